The van der Waals surface area contributed by atoms with Crippen LogP contribution in [0.25, 0.3) is 6.08 Å². The van der Waals surface area contributed by atoms with E-state index in [0.717, 1.165) is 3.39 Å². The summed E-state index contributed by atoms with van der Waals surface area (Å²) in [4.78, 5) is 0. The first-order chi connectivity index (χ1) is 5.58. The van der Waals surface area contributed by atoms with E-state index in [0.29, 0.717) is 10.6 Å². The van der Waals surface area contributed by atoms with Crippen LogP contribution in [0.3, 0.4) is 0 Å². The predicted octanol–water partition coefficient (Wildman–Crippen LogP) is 4.57. The lowest BCUT2D eigenvalue weighted by atomic mass is 10.2. The van der Waals surface area contributed by atoms with Crippen LogP contribution < -0.4 is 0 Å². The van der Waals surface area contributed by atoms with Gasteiger partial charge in [0, 0.05) is 5.02 Å². The molecule has 0 N–H and O–H groups in total. The average molecular weight is 314 g/mol. The second-order valence-electron chi connectivity index (χ2n) is 2.14. The normalized spacial score (nSPS) is 9.67. The standard InChI is InChI=1S/C8H4Br2ClF/c9-8(10)3-5-1-6(11)4-7(12)2-5/h1-4H. The minimum absolute atomic E-state index is 0.338. The van der Waals surface area contributed by atoms with Crippen LogP contribution >= 0.6 is 43.5 Å². The Hall–Kier alpha value is 0.140. The van der Waals surface area contributed by atoms with Gasteiger partial charge in [-0.15, -0.1) is 0 Å². The quantitative estimate of drug-likeness (QED) is 0.712. The zero-order valence-corrected chi connectivity index (χ0v) is 9.75. The summed E-state index contributed by atoms with van der Waals surface area (Å²) in [5.41, 5.74) is 0.712. The highest BCUT2D eigenvalue weighted by Gasteiger charge is 1.96. The van der Waals surface area contributed by atoms with Gasteiger partial charge in [-0.3, -0.25) is 0 Å². The van der Waals surface area contributed by atoms with Gasteiger partial charge >= 0.3 is 0 Å². The molecule has 1 rings (SSSR count). The maximum absolute atomic E-state index is 12.7. The Labute approximate surface area is 91.7 Å². The number of benzene rings is 1. The highest BCUT2D eigenvalue weighted by Crippen LogP contribution is 2.21. The first-order valence-corrected chi connectivity index (χ1v) is 5.03. The number of rotatable bonds is 1. The number of hydrogen-bond donors (Lipinski definition) is 0. The van der Waals surface area contributed by atoms with Crippen molar-refractivity contribution in [2.24, 2.45) is 0 Å². The van der Waals surface area contributed by atoms with E-state index in [1.165, 1.54) is 12.1 Å². The third-order valence-corrected chi connectivity index (χ3v) is 1.84. The van der Waals surface area contributed by atoms with Crippen LogP contribution in [-0.4, -0.2) is 0 Å². The molecule has 0 fully saturated rings. The molecule has 1 aromatic rings. The molecule has 0 nitrogen and oxygen atoms in total. The molecule has 0 aliphatic heterocycles. The Morgan fingerprint density at radius 2 is 2.00 bits per heavy atom. The van der Waals surface area contributed by atoms with Crippen molar-refractivity contribution in [2.75, 3.05) is 0 Å². The van der Waals surface area contributed by atoms with Crippen molar-refractivity contribution < 1.29 is 4.39 Å². The van der Waals surface area contributed by atoms with Crippen LogP contribution in [-0.2, 0) is 0 Å². The summed E-state index contributed by atoms with van der Waals surface area (Å²) in [6, 6.07) is 4.34. The lowest BCUT2D eigenvalue weighted by Gasteiger charge is -1.95. The van der Waals surface area contributed by atoms with Crippen molar-refractivity contribution in [1.82, 2.24) is 0 Å². The summed E-state index contributed by atoms with van der Waals surface area (Å²) in [5.74, 6) is -0.338. The van der Waals surface area contributed by atoms with Gasteiger partial charge in [0.1, 0.15) is 5.82 Å². The molecule has 0 saturated heterocycles. The van der Waals surface area contributed by atoms with Crippen molar-refractivity contribution in [3.63, 3.8) is 0 Å². The minimum Gasteiger partial charge on any atom is -0.207 e. The molecule has 0 aliphatic carbocycles. The van der Waals surface area contributed by atoms with E-state index >= 15 is 0 Å². The van der Waals surface area contributed by atoms with Gasteiger partial charge < -0.3 is 0 Å². The minimum atomic E-state index is -0.338. The Balaban J connectivity index is 3.09. The monoisotopic (exact) mass is 312 g/mol. The maximum Gasteiger partial charge on any atom is 0.125 e. The highest BCUT2D eigenvalue weighted by molar-refractivity contribution is 9.28. The van der Waals surface area contributed by atoms with Crippen molar-refractivity contribution in [1.29, 1.82) is 0 Å². The third-order valence-electron chi connectivity index (χ3n) is 1.16. The fourth-order valence-corrected chi connectivity index (χ4v) is 1.54. The molecular weight excluding hydrogens is 310 g/mol. The van der Waals surface area contributed by atoms with Crippen molar-refractivity contribution in [3.8, 4) is 0 Å². The first kappa shape index (κ1) is 10.2. The average Bonchev–Trinajstić information content (AvgIpc) is 1.81. The van der Waals surface area contributed by atoms with Crippen molar-refractivity contribution >= 4 is 49.5 Å². The van der Waals surface area contributed by atoms with E-state index < -0.39 is 0 Å². The number of hydrogen-bond acceptors (Lipinski definition) is 0. The molecule has 0 saturated carbocycles. The Morgan fingerprint density at radius 1 is 1.33 bits per heavy atom. The molecule has 0 aliphatic rings. The van der Waals surface area contributed by atoms with Crippen molar-refractivity contribution in [2.45, 2.75) is 0 Å². The smallest absolute Gasteiger partial charge is 0.125 e. The van der Waals surface area contributed by atoms with Gasteiger partial charge in [0.25, 0.3) is 0 Å². The lowest BCUT2D eigenvalue weighted by molar-refractivity contribution is 0.627. The van der Waals surface area contributed by atoms with Crippen LogP contribution in [0.2, 0.25) is 5.02 Å². The molecule has 0 aromatic heterocycles. The molecule has 4 heteroatoms. The molecule has 0 heterocycles. The molecule has 0 radical (unpaired) electrons. The van der Waals surface area contributed by atoms with E-state index in [1.807, 2.05) is 0 Å². The molecule has 1 aromatic carbocycles. The van der Waals surface area contributed by atoms with Crippen LogP contribution in [0, 0.1) is 5.82 Å². The lowest BCUT2D eigenvalue weighted by Crippen LogP contribution is -1.77. The zero-order valence-electron chi connectivity index (χ0n) is 5.82. The molecule has 64 valence electrons. The van der Waals surface area contributed by atoms with Crippen LogP contribution in [0.4, 0.5) is 4.39 Å². The van der Waals surface area contributed by atoms with Crippen molar-refractivity contribution in [3.05, 3.63) is 38.0 Å². The molecule has 0 unspecified atom stereocenters. The maximum atomic E-state index is 12.7. The Bertz CT molecular complexity index is 299. The predicted molar refractivity (Wildman–Crippen MR) is 57.2 cm³/mol. The molecule has 0 atom stereocenters. The van der Waals surface area contributed by atoms with Gasteiger partial charge in [0.15, 0.2) is 0 Å². The zero-order chi connectivity index (χ0) is 9.14. The van der Waals surface area contributed by atoms with E-state index in [-0.39, 0.29) is 5.82 Å². The van der Waals surface area contributed by atoms with E-state index in [9.17, 15) is 4.39 Å². The summed E-state index contributed by atoms with van der Waals surface area (Å²) >= 11 is 12.0. The van der Waals surface area contributed by atoms with Crippen LogP contribution in [0.1, 0.15) is 5.56 Å². The van der Waals surface area contributed by atoms with Gasteiger partial charge in [0.05, 0.1) is 3.39 Å². The Morgan fingerprint density at radius 3 is 2.50 bits per heavy atom. The van der Waals surface area contributed by atoms with E-state index in [2.05, 4.69) is 31.9 Å². The fourth-order valence-electron chi connectivity index (χ4n) is 0.784. The second kappa shape index (κ2) is 4.40. The van der Waals surface area contributed by atoms with Gasteiger partial charge in [0.2, 0.25) is 0 Å². The first-order valence-electron chi connectivity index (χ1n) is 3.07. The topological polar surface area (TPSA) is 0 Å². The molecule has 0 bridgehead atoms. The van der Waals surface area contributed by atoms with Crippen LogP contribution in [0.15, 0.2) is 21.6 Å². The molecule has 0 amide bonds. The highest BCUT2D eigenvalue weighted by atomic mass is 79.9. The molecule has 12 heavy (non-hydrogen) atoms. The Kier molecular flexibility index (Phi) is 3.75. The third kappa shape index (κ3) is 3.25. The van der Waals surface area contributed by atoms with Gasteiger partial charge in [-0.2, -0.15) is 0 Å². The summed E-state index contributed by atoms with van der Waals surface area (Å²) in [5, 5.41) is 0.391. The van der Waals surface area contributed by atoms with Crippen LogP contribution in [0.5, 0.6) is 0 Å². The van der Waals surface area contributed by atoms with Gasteiger partial charge in [-0.1, -0.05) is 11.6 Å². The van der Waals surface area contributed by atoms with Gasteiger partial charge in [-0.05, 0) is 61.7 Å². The number of halogens is 4. The molecule has 0 spiro atoms. The van der Waals surface area contributed by atoms with Gasteiger partial charge in [-0.25, -0.2) is 4.39 Å². The van der Waals surface area contributed by atoms with E-state index in [1.54, 1.807) is 12.1 Å². The second-order valence-corrected chi connectivity index (χ2v) is 5.35. The molecular formula is C8H4Br2ClF. The summed E-state index contributed by atoms with van der Waals surface area (Å²) < 4.78 is 13.5. The SMILES string of the molecule is Fc1cc(Cl)cc(C=C(Br)Br)c1. The summed E-state index contributed by atoms with van der Waals surface area (Å²) in [6.45, 7) is 0. The van der Waals surface area contributed by atoms with E-state index in [4.69, 9.17) is 11.6 Å². The largest absolute Gasteiger partial charge is 0.207 e. The summed E-state index contributed by atoms with van der Waals surface area (Å²) in [6.07, 6.45) is 1.72. The summed E-state index contributed by atoms with van der Waals surface area (Å²) in [7, 11) is 0. The fraction of sp³-hybridized carbons (Fsp3) is 0.